The maximum absolute atomic E-state index is 11.6. The van der Waals surface area contributed by atoms with E-state index in [-0.39, 0.29) is 5.91 Å². The minimum atomic E-state index is -0.501. The highest BCUT2D eigenvalue weighted by Gasteiger charge is 2.28. The van der Waals surface area contributed by atoms with Gasteiger partial charge in [-0.1, -0.05) is 28.1 Å². The first-order valence-electron chi connectivity index (χ1n) is 5.79. The Hall–Kier alpha value is -0.910. The summed E-state index contributed by atoms with van der Waals surface area (Å²) in [5.41, 5.74) is 2.92. The molecule has 0 fully saturated rings. The average Bonchev–Trinajstić information content (AvgIpc) is 2.30. The molecule has 0 aliphatic rings. The lowest BCUT2D eigenvalue weighted by atomic mass is 9.92. The number of hydrogen-bond donors (Lipinski definition) is 2. The molecule has 4 nitrogen and oxygen atoms in total. The number of carbonyl (C=O) groups is 1. The Labute approximate surface area is 117 Å². The van der Waals surface area contributed by atoms with Gasteiger partial charge < -0.3 is 4.90 Å². The van der Waals surface area contributed by atoms with Crippen molar-refractivity contribution in [1.82, 2.24) is 10.3 Å². The number of halogens is 1. The molecular weight excluding hydrogens is 294 g/mol. The second kappa shape index (κ2) is 6.31. The first kappa shape index (κ1) is 15.1. The fourth-order valence-corrected chi connectivity index (χ4v) is 2.16. The van der Waals surface area contributed by atoms with Crippen LogP contribution in [0.4, 0.5) is 0 Å². The normalized spacial score (nSPS) is 11.7. The van der Waals surface area contributed by atoms with Crippen LogP contribution < -0.4 is 11.3 Å². The number of rotatable bonds is 5. The Morgan fingerprint density at radius 2 is 1.94 bits per heavy atom. The van der Waals surface area contributed by atoms with Crippen LogP contribution in [0.3, 0.4) is 0 Å². The number of hydrazine groups is 1. The number of nitrogens with two attached hydrogens (primary N) is 1. The van der Waals surface area contributed by atoms with Crippen LogP contribution in [0, 0.1) is 5.41 Å². The Kier molecular flexibility index (Phi) is 5.31. The van der Waals surface area contributed by atoms with Gasteiger partial charge in [-0.2, -0.15) is 0 Å². The summed E-state index contributed by atoms with van der Waals surface area (Å²) in [6.45, 7) is 5.21. The molecule has 100 valence electrons. The standard InChI is InChI=1S/C13H20BrN3O/c1-13(2,12(18)16-15)9-17(3)8-10-4-6-11(14)7-5-10/h4-7H,8-9,15H2,1-3H3,(H,16,18). The second-order valence-electron chi connectivity index (χ2n) is 5.16. The molecule has 0 heterocycles. The molecular formula is C13H20BrN3O. The van der Waals surface area contributed by atoms with E-state index in [0.717, 1.165) is 11.0 Å². The summed E-state index contributed by atoms with van der Waals surface area (Å²) in [5, 5.41) is 0. The number of nitrogens with one attached hydrogen (secondary N) is 1. The monoisotopic (exact) mass is 313 g/mol. The molecule has 1 rings (SSSR count). The minimum absolute atomic E-state index is 0.148. The van der Waals surface area contributed by atoms with Gasteiger partial charge in [0.2, 0.25) is 5.91 Å². The maximum atomic E-state index is 11.6. The lowest BCUT2D eigenvalue weighted by Crippen LogP contribution is -2.46. The first-order valence-corrected chi connectivity index (χ1v) is 6.58. The molecule has 1 amide bonds. The topological polar surface area (TPSA) is 58.4 Å². The highest BCUT2D eigenvalue weighted by Crippen LogP contribution is 2.18. The zero-order valence-corrected chi connectivity index (χ0v) is 12.6. The summed E-state index contributed by atoms with van der Waals surface area (Å²) in [4.78, 5) is 13.7. The molecule has 0 unspecified atom stereocenters. The predicted octanol–water partition coefficient (Wildman–Crippen LogP) is 1.90. The molecule has 5 heteroatoms. The number of benzene rings is 1. The molecule has 0 aromatic heterocycles. The highest BCUT2D eigenvalue weighted by atomic mass is 79.9. The van der Waals surface area contributed by atoms with Crippen LogP contribution >= 0.6 is 15.9 Å². The van der Waals surface area contributed by atoms with Crippen LogP contribution in [0.15, 0.2) is 28.7 Å². The molecule has 0 radical (unpaired) electrons. The van der Waals surface area contributed by atoms with Crippen molar-refractivity contribution in [3.05, 3.63) is 34.3 Å². The van der Waals surface area contributed by atoms with E-state index < -0.39 is 5.41 Å². The third kappa shape index (κ3) is 4.40. The summed E-state index contributed by atoms with van der Waals surface area (Å²) in [6, 6.07) is 8.16. The van der Waals surface area contributed by atoms with Crippen molar-refractivity contribution in [3.8, 4) is 0 Å². The van der Waals surface area contributed by atoms with E-state index in [0.29, 0.717) is 6.54 Å². The Morgan fingerprint density at radius 3 is 2.44 bits per heavy atom. The maximum Gasteiger partial charge on any atom is 0.240 e. The summed E-state index contributed by atoms with van der Waals surface area (Å²) in [7, 11) is 1.99. The highest BCUT2D eigenvalue weighted by molar-refractivity contribution is 9.10. The molecule has 0 aliphatic heterocycles. The summed E-state index contributed by atoms with van der Waals surface area (Å²) >= 11 is 3.41. The summed E-state index contributed by atoms with van der Waals surface area (Å²) in [6.07, 6.45) is 0. The van der Waals surface area contributed by atoms with E-state index in [4.69, 9.17) is 5.84 Å². The van der Waals surface area contributed by atoms with Gasteiger partial charge in [0.15, 0.2) is 0 Å². The number of amides is 1. The fraction of sp³-hybridized carbons (Fsp3) is 0.462. The third-order valence-electron chi connectivity index (χ3n) is 2.78. The van der Waals surface area contributed by atoms with Crippen molar-refractivity contribution >= 4 is 21.8 Å². The van der Waals surface area contributed by atoms with E-state index in [1.165, 1.54) is 5.56 Å². The molecule has 0 saturated carbocycles. The molecule has 0 bridgehead atoms. The molecule has 3 N–H and O–H groups in total. The smallest absolute Gasteiger partial charge is 0.240 e. The van der Waals surface area contributed by atoms with Crippen LogP contribution in [0.1, 0.15) is 19.4 Å². The Morgan fingerprint density at radius 1 is 1.39 bits per heavy atom. The van der Waals surface area contributed by atoms with Crippen LogP contribution in [0.2, 0.25) is 0 Å². The molecule has 0 saturated heterocycles. The van der Waals surface area contributed by atoms with Crippen LogP contribution in [0.5, 0.6) is 0 Å². The summed E-state index contributed by atoms with van der Waals surface area (Å²) < 4.78 is 1.07. The Balaban J connectivity index is 2.58. The van der Waals surface area contributed by atoms with Crippen LogP contribution in [-0.2, 0) is 11.3 Å². The quantitative estimate of drug-likeness (QED) is 0.496. The molecule has 1 aromatic rings. The molecule has 0 aliphatic carbocycles. The van der Waals surface area contributed by atoms with E-state index >= 15 is 0 Å². The van der Waals surface area contributed by atoms with Crippen molar-refractivity contribution in [2.75, 3.05) is 13.6 Å². The van der Waals surface area contributed by atoms with Gasteiger partial charge in [-0.3, -0.25) is 10.2 Å². The van der Waals surface area contributed by atoms with Gasteiger partial charge >= 0.3 is 0 Å². The van der Waals surface area contributed by atoms with E-state index in [1.807, 2.05) is 33.0 Å². The van der Waals surface area contributed by atoms with Gasteiger partial charge in [0.25, 0.3) is 0 Å². The van der Waals surface area contributed by atoms with Gasteiger partial charge in [-0.05, 0) is 38.6 Å². The van der Waals surface area contributed by atoms with Gasteiger partial charge in [0.1, 0.15) is 0 Å². The van der Waals surface area contributed by atoms with Crippen molar-refractivity contribution in [1.29, 1.82) is 0 Å². The molecule has 1 aromatic carbocycles. The van der Waals surface area contributed by atoms with Crippen LogP contribution in [-0.4, -0.2) is 24.4 Å². The zero-order valence-electron chi connectivity index (χ0n) is 11.0. The number of carbonyl (C=O) groups excluding carboxylic acids is 1. The largest absolute Gasteiger partial charge is 0.301 e. The van der Waals surface area contributed by atoms with Crippen molar-refractivity contribution < 1.29 is 4.79 Å². The zero-order chi connectivity index (χ0) is 13.8. The van der Waals surface area contributed by atoms with E-state index in [1.54, 1.807) is 0 Å². The second-order valence-corrected chi connectivity index (χ2v) is 6.07. The fourth-order valence-electron chi connectivity index (χ4n) is 1.90. The average molecular weight is 314 g/mol. The van der Waals surface area contributed by atoms with Gasteiger partial charge in [-0.15, -0.1) is 0 Å². The minimum Gasteiger partial charge on any atom is -0.301 e. The lowest BCUT2D eigenvalue weighted by molar-refractivity contribution is -0.130. The van der Waals surface area contributed by atoms with Crippen molar-refractivity contribution in [2.45, 2.75) is 20.4 Å². The lowest BCUT2D eigenvalue weighted by Gasteiger charge is -2.28. The predicted molar refractivity (Wildman–Crippen MR) is 76.6 cm³/mol. The number of hydrogen-bond acceptors (Lipinski definition) is 3. The molecule has 18 heavy (non-hydrogen) atoms. The Bertz CT molecular complexity index is 403. The third-order valence-corrected chi connectivity index (χ3v) is 3.31. The van der Waals surface area contributed by atoms with Gasteiger partial charge in [0, 0.05) is 17.6 Å². The molecule has 0 atom stereocenters. The van der Waals surface area contributed by atoms with E-state index in [9.17, 15) is 4.79 Å². The van der Waals surface area contributed by atoms with Gasteiger partial charge in [-0.25, -0.2) is 5.84 Å². The van der Waals surface area contributed by atoms with Gasteiger partial charge in [0.05, 0.1) is 5.41 Å². The van der Waals surface area contributed by atoms with Crippen LogP contribution in [0.25, 0.3) is 0 Å². The number of nitrogens with zero attached hydrogens (tertiary/aromatic N) is 1. The van der Waals surface area contributed by atoms with Crippen molar-refractivity contribution in [3.63, 3.8) is 0 Å². The SMILES string of the molecule is CN(Cc1ccc(Br)cc1)CC(C)(C)C(=O)NN. The van der Waals surface area contributed by atoms with Crippen molar-refractivity contribution in [2.24, 2.45) is 11.3 Å². The molecule has 0 spiro atoms. The van der Waals surface area contributed by atoms with E-state index in [2.05, 4.69) is 38.4 Å². The first-order chi connectivity index (χ1) is 8.35. The summed E-state index contributed by atoms with van der Waals surface area (Å²) in [5.74, 6) is 5.03.